The predicted octanol–water partition coefficient (Wildman–Crippen LogP) is 2.61. The van der Waals surface area contributed by atoms with Gasteiger partial charge in [-0.1, -0.05) is 13.8 Å². The Kier molecular flexibility index (Phi) is 5.36. The monoisotopic (exact) mass is 317 g/mol. The van der Waals surface area contributed by atoms with Crippen LogP contribution in [0.15, 0.2) is 24.4 Å². The van der Waals surface area contributed by atoms with Crippen LogP contribution in [0.1, 0.15) is 37.7 Å². The van der Waals surface area contributed by atoms with Crippen molar-refractivity contribution in [3.05, 3.63) is 30.1 Å². The quantitative estimate of drug-likeness (QED) is 0.831. The number of nitrogens with zero attached hydrogens (tertiary/aromatic N) is 2. The third kappa shape index (κ3) is 4.31. The van der Waals surface area contributed by atoms with Gasteiger partial charge in [0.15, 0.2) is 6.61 Å². The van der Waals surface area contributed by atoms with Crippen LogP contribution in [0, 0.1) is 5.92 Å². The fourth-order valence-electron chi connectivity index (χ4n) is 2.44. The number of aromatic amines is 1. The van der Waals surface area contributed by atoms with E-state index >= 15 is 0 Å². The second-order valence-electron chi connectivity index (χ2n) is 6.17. The van der Waals surface area contributed by atoms with Crippen molar-refractivity contribution in [3.8, 4) is 0 Å². The highest BCUT2D eigenvalue weighted by Crippen LogP contribution is 2.12. The Morgan fingerprint density at radius 1 is 1.26 bits per heavy atom. The SMILES string of the molecule is CC(C)CC(C)N(C)C(=O)COC(=O)c1ccc2[nH]ccc2n1. The molecule has 0 aliphatic heterocycles. The summed E-state index contributed by atoms with van der Waals surface area (Å²) in [7, 11) is 1.73. The van der Waals surface area contributed by atoms with Gasteiger partial charge in [0.05, 0.1) is 11.0 Å². The lowest BCUT2D eigenvalue weighted by Gasteiger charge is -2.26. The van der Waals surface area contributed by atoms with Crippen LogP contribution < -0.4 is 0 Å². The van der Waals surface area contributed by atoms with Gasteiger partial charge in [-0.05, 0) is 37.5 Å². The van der Waals surface area contributed by atoms with Gasteiger partial charge in [0.1, 0.15) is 5.69 Å². The van der Waals surface area contributed by atoms with Gasteiger partial charge in [0, 0.05) is 19.3 Å². The van der Waals surface area contributed by atoms with E-state index in [2.05, 4.69) is 23.8 Å². The van der Waals surface area contributed by atoms with Gasteiger partial charge in [-0.25, -0.2) is 9.78 Å². The highest BCUT2D eigenvalue weighted by atomic mass is 16.5. The number of carbonyl (C=O) groups is 2. The van der Waals surface area contributed by atoms with Gasteiger partial charge in [-0.15, -0.1) is 0 Å². The van der Waals surface area contributed by atoms with Gasteiger partial charge in [-0.2, -0.15) is 0 Å². The fourth-order valence-corrected chi connectivity index (χ4v) is 2.44. The first-order valence-electron chi connectivity index (χ1n) is 7.75. The summed E-state index contributed by atoms with van der Waals surface area (Å²) in [5.74, 6) is -0.305. The Balaban J connectivity index is 1.91. The van der Waals surface area contributed by atoms with Gasteiger partial charge >= 0.3 is 5.97 Å². The van der Waals surface area contributed by atoms with Crippen molar-refractivity contribution in [2.75, 3.05) is 13.7 Å². The van der Waals surface area contributed by atoms with Crippen molar-refractivity contribution in [3.63, 3.8) is 0 Å². The Morgan fingerprint density at radius 2 is 2.00 bits per heavy atom. The average molecular weight is 317 g/mol. The number of pyridine rings is 1. The van der Waals surface area contributed by atoms with Crippen molar-refractivity contribution in [1.29, 1.82) is 0 Å². The van der Waals surface area contributed by atoms with Crippen molar-refractivity contribution in [2.45, 2.75) is 33.2 Å². The van der Waals surface area contributed by atoms with Crippen LogP contribution in [0.25, 0.3) is 11.0 Å². The molecule has 1 N–H and O–H groups in total. The van der Waals surface area contributed by atoms with Crippen LogP contribution >= 0.6 is 0 Å². The topological polar surface area (TPSA) is 75.3 Å². The molecule has 0 aliphatic rings. The summed E-state index contributed by atoms with van der Waals surface area (Å²) in [6.45, 7) is 5.93. The van der Waals surface area contributed by atoms with Gasteiger partial charge in [-0.3, -0.25) is 4.79 Å². The molecule has 0 aromatic carbocycles. The molecule has 23 heavy (non-hydrogen) atoms. The number of hydrogen-bond acceptors (Lipinski definition) is 4. The molecule has 1 unspecified atom stereocenters. The van der Waals surface area contributed by atoms with E-state index < -0.39 is 5.97 Å². The molecule has 0 saturated carbocycles. The minimum absolute atomic E-state index is 0.107. The van der Waals surface area contributed by atoms with E-state index in [1.807, 2.05) is 6.92 Å². The lowest BCUT2D eigenvalue weighted by molar-refractivity contribution is -0.135. The van der Waals surface area contributed by atoms with E-state index in [1.54, 1.807) is 36.3 Å². The van der Waals surface area contributed by atoms with Crippen LogP contribution in [-0.2, 0) is 9.53 Å². The number of likely N-dealkylation sites (N-methyl/N-ethyl adjacent to an activating group) is 1. The molecule has 0 saturated heterocycles. The maximum absolute atomic E-state index is 12.1. The van der Waals surface area contributed by atoms with Crippen molar-refractivity contribution < 1.29 is 14.3 Å². The molecule has 0 fully saturated rings. The van der Waals surface area contributed by atoms with Crippen LogP contribution in [0.5, 0.6) is 0 Å². The second kappa shape index (κ2) is 7.26. The lowest BCUT2D eigenvalue weighted by Crippen LogP contribution is -2.38. The molecule has 2 heterocycles. The summed E-state index contributed by atoms with van der Waals surface area (Å²) in [6, 6.07) is 5.22. The Bertz CT molecular complexity index is 693. The van der Waals surface area contributed by atoms with E-state index in [1.165, 1.54) is 0 Å². The first-order chi connectivity index (χ1) is 10.9. The molecule has 0 aliphatic carbocycles. The first kappa shape index (κ1) is 17.0. The summed E-state index contributed by atoms with van der Waals surface area (Å²) in [5.41, 5.74) is 1.73. The zero-order chi connectivity index (χ0) is 17.0. The molecule has 0 spiro atoms. The molecular formula is C17H23N3O3. The van der Waals surface area contributed by atoms with E-state index in [9.17, 15) is 9.59 Å². The van der Waals surface area contributed by atoms with Crippen molar-refractivity contribution in [2.24, 2.45) is 5.92 Å². The number of amides is 1. The molecule has 2 rings (SSSR count). The smallest absolute Gasteiger partial charge is 0.357 e. The third-order valence-electron chi connectivity index (χ3n) is 3.81. The molecule has 1 atom stereocenters. The molecule has 6 heteroatoms. The number of hydrogen-bond donors (Lipinski definition) is 1. The van der Waals surface area contributed by atoms with Crippen molar-refractivity contribution in [1.82, 2.24) is 14.9 Å². The Morgan fingerprint density at radius 3 is 2.70 bits per heavy atom. The molecule has 1 amide bonds. The van der Waals surface area contributed by atoms with Crippen LogP contribution in [-0.4, -0.2) is 46.4 Å². The summed E-state index contributed by atoms with van der Waals surface area (Å²) in [5, 5.41) is 0. The predicted molar refractivity (Wildman–Crippen MR) is 88.1 cm³/mol. The van der Waals surface area contributed by atoms with E-state index in [4.69, 9.17) is 4.74 Å². The number of ether oxygens (including phenoxy) is 1. The van der Waals surface area contributed by atoms with Crippen molar-refractivity contribution >= 4 is 22.9 Å². The lowest BCUT2D eigenvalue weighted by atomic mass is 10.0. The molecule has 0 radical (unpaired) electrons. The largest absolute Gasteiger partial charge is 0.451 e. The normalized spacial score (nSPS) is 12.4. The maximum atomic E-state index is 12.1. The molecule has 124 valence electrons. The molecule has 2 aromatic rings. The Hall–Kier alpha value is -2.37. The number of fused-ring (bicyclic) bond motifs is 1. The summed E-state index contributed by atoms with van der Waals surface area (Å²) >= 11 is 0. The summed E-state index contributed by atoms with van der Waals surface area (Å²) < 4.78 is 5.09. The standard InChI is InChI=1S/C17H23N3O3/c1-11(2)9-12(3)20(4)16(21)10-23-17(22)15-6-5-13-14(19-15)7-8-18-13/h5-8,11-12,18H,9-10H2,1-4H3. The van der Waals surface area contributed by atoms with Crippen LogP contribution in [0.2, 0.25) is 0 Å². The number of rotatable bonds is 6. The highest BCUT2D eigenvalue weighted by Gasteiger charge is 2.19. The minimum atomic E-state index is -0.591. The van der Waals surface area contributed by atoms with Gasteiger partial charge in [0.2, 0.25) is 0 Å². The average Bonchev–Trinajstić information content (AvgIpc) is 2.98. The summed E-state index contributed by atoms with van der Waals surface area (Å²) in [6.07, 6.45) is 2.66. The number of esters is 1. The van der Waals surface area contributed by atoms with Crippen LogP contribution in [0.4, 0.5) is 0 Å². The summed E-state index contributed by atoms with van der Waals surface area (Å²) in [4.78, 5) is 32.9. The van der Waals surface area contributed by atoms with Gasteiger partial charge in [0.25, 0.3) is 5.91 Å². The fraction of sp³-hybridized carbons (Fsp3) is 0.471. The zero-order valence-electron chi connectivity index (χ0n) is 14.0. The number of H-pyrrole nitrogens is 1. The number of nitrogens with one attached hydrogen (secondary N) is 1. The molecule has 2 aromatic heterocycles. The van der Waals surface area contributed by atoms with E-state index in [0.717, 1.165) is 11.9 Å². The highest BCUT2D eigenvalue weighted by molar-refractivity contribution is 5.91. The second-order valence-corrected chi connectivity index (χ2v) is 6.17. The zero-order valence-corrected chi connectivity index (χ0v) is 14.0. The van der Waals surface area contributed by atoms with E-state index in [-0.39, 0.29) is 24.2 Å². The Labute approximate surface area is 135 Å². The molecule has 0 bridgehead atoms. The molecule has 6 nitrogen and oxygen atoms in total. The van der Waals surface area contributed by atoms with E-state index in [0.29, 0.717) is 11.4 Å². The number of carbonyl (C=O) groups excluding carboxylic acids is 2. The van der Waals surface area contributed by atoms with Gasteiger partial charge < -0.3 is 14.6 Å². The third-order valence-corrected chi connectivity index (χ3v) is 3.81. The molecular weight excluding hydrogens is 294 g/mol. The minimum Gasteiger partial charge on any atom is -0.451 e. The first-order valence-corrected chi connectivity index (χ1v) is 7.75. The maximum Gasteiger partial charge on any atom is 0.357 e. The van der Waals surface area contributed by atoms with Crippen LogP contribution in [0.3, 0.4) is 0 Å². The number of aromatic nitrogens is 2.